The van der Waals surface area contributed by atoms with Crippen molar-refractivity contribution in [1.29, 1.82) is 0 Å². The van der Waals surface area contributed by atoms with Crippen molar-refractivity contribution in [2.24, 2.45) is 17.8 Å². The number of rotatable bonds is 5. The molecule has 0 aromatic carbocycles. The summed E-state index contributed by atoms with van der Waals surface area (Å²) in [6, 6.07) is 0. The quantitative estimate of drug-likeness (QED) is 0.592. The van der Waals surface area contributed by atoms with Crippen LogP contribution in [0.15, 0.2) is 0 Å². The van der Waals surface area contributed by atoms with E-state index in [-0.39, 0.29) is 5.75 Å². The third-order valence-corrected chi connectivity index (χ3v) is 5.92. The molecule has 0 saturated heterocycles. The molecule has 4 rings (SSSR count). The standard InChI is InChI=1S/C13H23NO3S/c15-18(16,17)3-1-2-14-13-7-10-4-11(8-13)6-12(5-10)9-13/h10-12,14H,1-9H2,(H,15,16,17). The highest BCUT2D eigenvalue weighted by molar-refractivity contribution is 7.85. The van der Waals surface area contributed by atoms with Crippen LogP contribution < -0.4 is 5.32 Å². The molecular weight excluding hydrogens is 250 g/mol. The van der Waals surface area contributed by atoms with Crippen molar-refractivity contribution in [1.82, 2.24) is 5.32 Å². The van der Waals surface area contributed by atoms with Crippen molar-refractivity contribution >= 4 is 10.1 Å². The fraction of sp³-hybridized carbons (Fsp3) is 1.00. The first-order chi connectivity index (χ1) is 8.44. The van der Waals surface area contributed by atoms with Crippen LogP contribution in [0.25, 0.3) is 0 Å². The maximum absolute atomic E-state index is 10.7. The predicted molar refractivity (Wildman–Crippen MR) is 69.9 cm³/mol. The predicted octanol–water partition coefficient (Wildman–Crippen LogP) is 1.82. The van der Waals surface area contributed by atoms with E-state index in [1.165, 1.54) is 38.5 Å². The highest BCUT2D eigenvalue weighted by Gasteiger charge is 2.50. The largest absolute Gasteiger partial charge is 0.311 e. The van der Waals surface area contributed by atoms with Crippen LogP contribution in [-0.4, -0.2) is 30.8 Å². The molecule has 0 amide bonds. The van der Waals surface area contributed by atoms with Gasteiger partial charge in [-0.2, -0.15) is 8.42 Å². The van der Waals surface area contributed by atoms with Crippen LogP contribution in [0.4, 0.5) is 0 Å². The Hall–Kier alpha value is -0.130. The van der Waals surface area contributed by atoms with E-state index >= 15 is 0 Å². The maximum atomic E-state index is 10.7. The summed E-state index contributed by atoms with van der Waals surface area (Å²) in [6.45, 7) is 0.714. The molecular formula is C13H23NO3S. The molecule has 0 spiro atoms. The Bertz CT molecular complexity index is 383. The van der Waals surface area contributed by atoms with Gasteiger partial charge in [-0.05, 0) is 69.2 Å². The van der Waals surface area contributed by atoms with Gasteiger partial charge in [0.05, 0.1) is 5.75 Å². The molecule has 4 nitrogen and oxygen atoms in total. The lowest BCUT2D eigenvalue weighted by molar-refractivity contribution is -0.0193. The molecule has 18 heavy (non-hydrogen) atoms. The zero-order chi connectivity index (χ0) is 12.8. The first kappa shape index (κ1) is 12.9. The molecule has 0 radical (unpaired) electrons. The lowest BCUT2D eigenvalue weighted by Gasteiger charge is -2.57. The van der Waals surface area contributed by atoms with Gasteiger partial charge in [0.25, 0.3) is 10.1 Å². The van der Waals surface area contributed by atoms with Crippen molar-refractivity contribution in [3.05, 3.63) is 0 Å². The Morgan fingerprint density at radius 2 is 1.56 bits per heavy atom. The van der Waals surface area contributed by atoms with Gasteiger partial charge in [-0.15, -0.1) is 0 Å². The van der Waals surface area contributed by atoms with E-state index < -0.39 is 10.1 Å². The minimum absolute atomic E-state index is 0.119. The van der Waals surface area contributed by atoms with E-state index in [4.69, 9.17) is 4.55 Å². The van der Waals surface area contributed by atoms with Gasteiger partial charge >= 0.3 is 0 Å². The van der Waals surface area contributed by atoms with Gasteiger partial charge in [0.1, 0.15) is 0 Å². The molecule has 104 valence electrons. The number of hydrogen-bond donors (Lipinski definition) is 2. The molecule has 0 unspecified atom stereocenters. The second-order valence-electron chi connectivity index (χ2n) is 6.76. The van der Waals surface area contributed by atoms with Gasteiger partial charge in [0, 0.05) is 5.54 Å². The van der Waals surface area contributed by atoms with Gasteiger partial charge in [0.15, 0.2) is 0 Å². The first-order valence-corrected chi connectivity index (χ1v) is 8.75. The summed E-state index contributed by atoms with van der Waals surface area (Å²) in [5.74, 6) is 2.60. The van der Waals surface area contributed by atoms with Crippen LogP contribution in [0, 0.1) is 17.8 Å². The van der Waals surface area contributed by atoms with Crippen LogP contribution >= 0.6 is 0 Å². The molecule has 0 heterocycles. The second kappa shape index (κ2) is 4.46. The number of nitrogens with one attached hydrogen (secondary N) is 1. The average Bonchev–Trinajstić information content (AvgIpc) is 2.21. The van der Waals surface area contributed by atoms with Crippen LogP contribution in [0.5, 0.6) is 0 Å². The normalized spacial score (nSPS) is 42.4. The van der Waals surface area contributed by atoms with Crippen LogP contribution in [0.1, 0.15) is 44.9 Å². The highest BCUT2D eigenvalue weighted by atomic mass is 32.2. The molecule has 0 aromatic heterocycles. The second-order valence-corrected chi connectivity index (χ2v) is 8.34. The van der Waals surface area contributed by atoms with Gasteiger partial charge in [-0.3, -0.25) is 4.55 Å². The highest BCUT2D eigenvalue weighted by Crippen LogP contribution is 2.55. The Morgan fingerprint density at radius 3 is 2.00 bits per heavy atom. The average molecular weight is 273 g/mol. The van der Waals surface area contributed by atoms with E-state index in [0.717, 1.165) is 17.8 Å². The van der Waals surface area contributed by atoms with E-state index in [1.807, 2.05) is 0 Å². The molecule has 5 heteroatoms. The Kier molecular flexibility index (Phi) is 3.19. The smallest absolute Gasteiger partial charge is 0.264 e. The van der Waals surface area contributed by atoms with Crippen molar-refractivity contribution in [2.45, 2.75) is 50.5 Å². The zero-order valence-electron chi connectivity index (χ0n) is 10.8. The molecule has 4 fully saturated rings. The van der Waals surface area contributed by atoms with E-state index in [1.54, 1.807) is 0 Å². The van der Waals surface area contributed by atoms with Crippen LogP contribution in [-0.2, 0) is 10.1 Å². The SMILES string of the molecule is O=S(=O)(O)CCCNC12CC3CC(CC(C3)C1)C2. The number of hydrogen-bond acceptors (Lipinski definition) is 3. The Labute approximate surface area is 109 Å². The molecule has 4 saturated carbocycles. The maximum Gasteiger partial charge on any atom is 0.264 e. The third kappa shape index (κ3) is 2.73. The summed E-state index contributed by atoms with van der Waals surface area (Å²) in [5, 5.41) is 3.62. The Balaban J connectivity index is 1.53. The van der Waals surface area contributed by atoms with Crippen molar-refractivity contribution < 1.29 is 13.0 Å². The van der Waals surface area contributed by atoms with Gasteiger partial charge in [-0.25, -0.2) is 0 Å². The fourth-order valence-corrected chi connectivity index (χ4v) is 5.44. The summed E-state index contributed by atoms with van der Waals surface area (Å²) in [5.41, 5.74) is 0.300. The minimum Gasteiger partial charge on any atom is -0.311 e. The van der Waals surface area contributed by atoms with Crippen LogP contribution in [0.2, 0.25) is 0 Å². The summed E-state index contributed by atoms with van der Waals surface area (Å²) >= 11 is 0. The van der Waals surface area contributed by atoms with Gasteiger partial charge < -0.3 is 5.32 Å². The molecule has 0 aromatic rings. The van der Waals surface area contributed by atoms with E-state index in [2.05, 4.69) is 5.32 Å². The Morgan fingerprint density at radius 1 is 1.06 bits per heavy atom. The zero-order valence-corrected chi connectivity index (χ0v) is 11.6. The van der Waals surface area contributed by atoms with Gasteiger partial charge in [-0.1, -0.05) is 0 Å². The van der Waals surface area contributed by atoms with E-state index in [9.17, 15) is 8.42 Å². The summed E-state index contributed by atoms with van der Waals surface area (Å²) in [6.07, 6.45) is 8.63. The monoisotopic (exact) mass is 273 g/mol. The fourth-order valence-electron chi connectivity index (χ4n) is 4.94. The van der Waals surface area contributed by atoms with E-state index in [0.29, 0.717) is 18.5 Å². The lowest BCUT2D eigenvalue weighted by Crippen LogP contribution is -2.58. The summed E-state index contributed by atoms with van der Waals surface area (Å²) < 4.78 is 30.1. The molecule has 4 aliphatic carbocycles. The summed E-state index contributed by atoms with van der Waals surface area (Å²) in [7, 11) is -3.79. The summed E-state index contributed by atoms with van der Waals surface area (Å²) in [4.78, 5) is 0. The third-order valence-electron chi connectivity index (χ3n) is 5.12. The van der Waals surface area contributed by atoms with Crippen LogP contribution in [0.3, 0.4) is 0 Å². The molecule has 4 bridgehead atoms. The minimum atomic E-state index is -3.79. The lowest BCUT2D eigenvalue weighted by atomic mass is 9.53. The first-order valence-electron chi connectivity index (χ1n) is 7.14. The molecule has 2 N–H and O–H groups in total. The van der Waals surface area contributed by atoms with Crippen molar-refractivity contribution in [3.8, 4) is 0 Å². The molecule has 0 atom stereocenters. The van der Waals surface area contributed by atoms with Crippen molar-refractivity contribution in [2.75, 3.05) is 12.3 Å². The van der Waals surface area contributed by atoms with Crippen molar-refractivity contribution in [3.63, 3.8) is 0 Å². The topological polar surface area (TPSA) is 66.4 Å². The molecule has 4 aliphatic rings. The molecule has 0 aliphatic heterocycles. The van der Waals surface area contributed by atoms with Gasteiger partial charge in [0.2, 0.25) is 0 Å².